The topological polar surface area (TPSA) is 66.4 Å². The number of nitrogens with one attached hydrogen (secondary N) is 1. The molecule has 0 spiro atoms. The molecule has 0 aromatic heterocycles. The first-order chi connectivity index (χ1) is 7.62. The number of hydrogen-bond donors (Lipinski definition) is 2. The molecule has 0 radical (unpaired) electrons. The molecular formula is C11H17NO3S. The first-order valence-corrected chi connectivity index (χ1v) is 6.90. The molecule has 2 rings (SSSR count). The molecule has 1 aliphatic carbocycles. The van der Waals surface area contributed by atoms with Gasteiger partial charge in [-0.25, -0.2) is 4.79 Å². The molecule has 1 atom stereocenters. The van der Waals surface area contributed by atoms with Crippen molar-refractivity contribution in [3.05, 3.63) is 0 Å². The molecule has 2 fully saturated rings. The molecule has 1 aliphatic heterocycles. The standard InChI is InChI=1S/C11H17NO3S/c13-9(4-3-8-1-2-8)12-11(10(14)15)5-6-16-7-11/h8H,1-7H2,(H,12,13)(H,14,15). The number of carboxylic acid groups (broad SMARTS) is 1. The maximum absolute atomic E-state index is 11.7. The summed E-state index contributed by atoms with van der Waals surface area (Å²) in [4.78, 5) is 22.8. The van der Waals surface area contributed by atoms with E-state index in [1.165, 1.54) is 12.8 Å². The van der Waals surface area contributed by atoms with Gasteiger partial charge < -0.3 is 10.4 Å². The summed E-state index contributed by atoms with van der Waals surface area (Å²) in [5.41, 5.74) is -0.995. The number of carbonyl (C=O) groups is 2. The third-order valence-corrected chi connectivity index (χ3v) is 4.48. The summed E-state index contributed by atoms with van der Waals surface area (Å²) in [5, 5.41) is 11.9. The van der Waals surface area contributed by atoms with E-state index in [0.717, 1.165) is 12.2 Å². The number of carbonyl (C=O) groups excluding carboxylic acids is 1. The maximum atomic E-state index is 11.7. The zero-order valence-electron chi connectivity index (χ0n) is 9.20. The van der Waals surface area contributed by atoms with E-state index in [1.807, 2.05) is 0 Å². The van der Waals surface area contributed by atoms with Gasteiger partial charge in [0, 0.05) is 12.2 Å². The fourth-order valence-corrected chi connectivity index (χ4v) is 3.28. The Labute approximate surface area is 99.2 Å². The van der Waals surface area contributed by atoms with Crippen LogP contribution in [0.25, 0.3) is 0 Å². The Morgan fingerprint density at radius 3 is 2.69 bits per heavy atom. The molecule has 90 valence electrons. The minimum Gasteiger partial charge on any atom is -0.479 e. The maximum Gasteiger partial charge on any atom is 0.330 e. The lowest BCUT2D eigenvalue weighted by Gasteiger charge is -2.24. The highest BCUT2D eigenvalue weighted by Gasteiger charge is 2.43. The van der Waals surface area contributed by atoms with Gasteiger partial charge in [0.15, 0.2) is 0 Å². The third-order valence-electron chi connectivity index (χ3n) is 3.29. The average molecular weight is 243 g/mol. The van der Waals surface area contributed by atoms with Crippen molar-refractivity contribution < 1.29 is 14.7 Å². The normalized spacial score (nSPS) is 29.0. The van der Waals surface area contributed by atoms with E-state index in [2.05, 4.69) is 5.32 Å². The molecule has 2 N–H and O–H groups in total. The molecule has 1 saturated carbocycles. The summed E-state index contributed by atoms with van der Waals surface area (Å²) in [5.74, 6) is 1.03. The third kappa shape index (κ3) is 2.70. The molecule has 0 bridgehead atoms. The molecule has 1 saturated heterocycles. The average Bonchev–Trinajstić information content (AvgIpc) is 2.95. The lowest BCUT2D eigenvalue weighted by atomic mass is 9.99. The highest BCUT2D eigenvalue weighted by molar-refractivity contribution is 7.99. The van der Waals surface area contributed by atoms with Crippen molar-refractivity contribution in [2.45, 2.75) is 37.6 Å². The van der Waals surface area contributed by atoms with E-state index in [0.29, 0.717) is 24.5 Å². The smallest absolute Gasteiger partial charge is 0.330 e. The summed E-state index contributed by atoms with van der Waals surface area (Å²) in [6.45, 7) is 0. The van der Waals surface area contributed by atoms with Crippen LogP contribution in [0.5, 0.6) is 0 Å². The van der Waals surface area contributed by atoms with Crippen molar-refractivity contribution in [1.29, 1.82) is 0 Å². The predicted molar refractivity (Wildman–Crippen MR) is 62.4 cm³/mol. The van der Waals surface area contributed by atoms with Gasteiger partial charge in [-0.2, -0.15) is 11.8 Å². The highest BCUT2D eigenvalue weighted by Crippen LogP contribution is 2.34. The van der Waals surface area contributed by atoms with Crippen molar-refractivity contribution >= 4 is 23.6 Å². The molecule has 1 unspecified atom stereocenters. The molecule has 2 aliphatic rings. The zero-order valence-corrected chi connectivity index (χ0v) is 10.0. The Morgan fingerprint density at radius 1 is 1.44 bits per heavy atom. The van der Waals surface area contributed by atoms with E-state index in [4.69, 9.17) is 0 Å². The van der Waals surface area contributed by atoms with Gasteiger partial charge in [0.1, 0.15) is 5.54 Å². The van der Waals surface area contributed by atoms with Crippen molar-refractivity contribution in [1.82, 2.24) is 5.32 Å². The SMILES string of the molecule is O=C(CCC1CC1)NC1(C(=O)O)CCSC1. The van der Waals surface area contributed by atoms with Gasteiger partial charge in [0.25, 0.3) is 0 Å². The first kappa shape index (κ1) is 11.8. The Bertz CT molecular complexity index is 296. The van der Waals surface area contributed by atoms with E-state index < -0.39 is 11.5 Å². The molecule has 4 nitrogen and oxygen atoms in total. The van der Waals surface area contributed by atoms with Crippen molar-refractivity contribution in [3.63, 3.8) is 0 Å². The van der Waals surface area contributed by atoms with Crippen LogP contribution < -0.4 is 5.32 Å². The number of hydrogen-bond acceptors (Lipinski definition) is 3. The fraction of sp³-hybridized carbons (Fsp3) is 0.818. The van der Waals surface area contributed by atoms with Gasteiger partial charge in [-0.05, 0) is 24.5 Å². The van der Waals surface area contributed by atoms with E-state index in [9.17, 15) is 14.7 Å². The van der Waals surface area contributed by atoms with Crippen LogP contribution in [0.3, 0.4) is 0 Å². The summed E-state index contributed by atoms with van der Waals surface area (Å²) in [6, 6.07) is 0. The monoisotopic (exact) mass is 243 g/mol. The Hall–Kier alpha value is -0.710. The zero-order chi connectivity index (χ0) is 11.6. The first-order valence-electron chi connectivity index (χ1n) is 5.74. The quantitative estimate of drug-likeness (QED) is 0.762. The van der Waals surface area contributed by atoms with E-state index in [-0.39, 0.29) is 5.91 Å². The van der Waals surface area contributed by atoms with Crippen molar-refractivity contribution in [2.24, 2.45) is 5.92 Å². The largest absolute Gasteiger partial charge is 0.479 e. The van der Waals surface area contributed by atoms with Crippen LogP contribution in [0.15, 0.2) is 0 Å². The van der Waals surface area contributed by atoms with Gasteiger partial charge in [-0.15, -0.1) is 0 Å². The van der Waals surface area contributed by atoms with Crippen LogP contribution in [0.1, 0.15) is 32.1 Å². The van der Waals surface area contributed by atoms with Crippen molar-refractivity contribution in [3.8, 4) is 0 Å². The lowest BCUT2D eigenvalue weighted by molar-refractivity contribution is -0.146. The summed E-state index contributed by atoms with van der Waals surface area (Å²) >= 11 is 1.59. The number of rotatable bonds is 5. The van der Waals surface area contributed by atoms with Gasteiger partial charge >= 0.3 is 5.97 Å². The summed E-state index contributed by atoms with van der Waals surface area (Å²) in [7, 11) is 0. The van der Waals surface area contributed by atoms with Crippen LogP contribution in [0, 0.1) is 5.92 Å². The minimum atomic E-state index is -0.995. The highest BCUT2D eigenvalue weighted by atomic mass is 32.2. The Balaban J connectivity index is 1.84. The minimum absolute atomic E-state index is 0.100. The molecule has 5 heteroatoms. The number of carboxylic acids is 1. The lowest BCUT2D eigenvalue weighted by Crippen LogP contribution is -2.54. The second-order valence-corrected chi connectivity index (χ2v) is 5.83. The number of amides is 1. The van der Waals surface area contributed by atoms with Gasteiger partial charge in [0.2, 0.25) is 5.91 Å². The van der Waals surface area contributed by atoms with Gasteiger partial charge in [0.05, 0.1) is 0 Å². The fourth-order valence-electron chi connectivity index (χ4n) is 1.96. The van der Waals surface area contributed by atoms with Gasteiger partial charge in [-0.3, -0.25) is 4.79 Å². The molecule has 16 heavy (non-hydrogen) atoms. The second kappa shape index (κ2) is 4.65. The Kier molecular flexibility index (Phi) is 3.42. The van der Waals surface area contributed by atoms with Crippen LogP contribution in [0.2, 0.25) is 0 Å². The predicted octanol–water partition coefficient (Wildman–Crippen LogP) is 1.25. The van der Waals surface area contributed by atoms with Crippen LogP contribution in [-0.2, 0) is 9.59 Å². The molecule has 0 aromatic carbocycles. The molecule has 1 amide bonds. The molecule has 0 aromatic rings. The number of aliphatic carboxylic acids is 1. The van der Waals surface area contributed by atoms with Gasteiger partial charge in [-0.1, -0.05) is 12.8 Å². The molecular weight excluding hydrogens is 226 g/mol. The van der Waals surface area contributed by atoms with Crippen LogP contribution in [0.4, 0.5) is 0 Å². The molecule has 1 heterocycles. The number of thioether (sulfide) groups is 1. The summed E-state index contributed by atoms with van der Waals surface area (Å²) < 4.78 is 0. The van der Waals surface area contributed by atoms with E-state index >= 15 is 0 Å². The van der Waals surface area contributed by atoms with E-state index in [1.54, 1.807) is 11.8 Å². The van der Waals surface area contributed by atoms with Crippen LogP contribution in [-0.4, -0.2) is 34.0 Å². The Morgan fingerprint density at radius 2 is 2.19 bits per heavy atom. The summed E-state index contributed by atoms with van der Waals surface area (Å²) in [6.07, 6.45) is 4.39. The second-order valence-electron chi connectivity index (χ2n) is 4.72. The van der Waals surface area contributed by atoms with Crippen LogP contribution >= 0.6 is 11.8 Å². The van der Waals surface area contributed by atoms with Crippen molar-refractivity contribution in [2.75, 3.05) is 11.5 Å².